The Kier molecular flexibility index (Phi) is 5.17. The van der Waals surface area contributed by atoms with Gasteiger partial charge in [-0.15, -0.1) is 0 Å². The molecule has 1 amide bonds. The Labute approximate surface area is 122 Å². The minimum Gasteiger partial charge on any atom is -0.356 e. The maximum atomic E-state index is 11.6. The molecule has 0 radical (unpaired) electrons. The molecule has 0 aliphatic rings. The van der Waals surface area contributed by atoms with Crippen LogP contribution >= 0.6 is 11.6 Å². The molecule has 6 nitrogen and oxygen atoms in total. The molecule has 0 unspecified atom stereocenters. The quantitative estimate of drug-likeness (QED) is 0.790. The van der Waals surface area contributed by atoms with Gasteiger partial charge in [-0.1, -0.05) is 11.6 Å². The molecule has 108 valence electrons. The molecular formula is C13H18ClN5O. The topological polar surface area (TPSA) is 64.7 Å². The van der Waals surface area contributed by atoms with Crippen LogP contribution < -0.4 is 5.32 Å². The number of nitrogens with one attached hydrogen (secondary N) is 1. The van der Waals surface area contributed by atoms with E-state index in [1.54, 1.807) is 23.3 Å². The van der Waals surface area contributed by atoms with Crippen LogP contribution in [0.4, 0.5) is 0 Å². The van der Waals surface area contributed by atoms with Crippen LogP contribution in [-0.4, -0.2) is 32.0 Å². The average Bonchev–Trinajstić information content (AvgIpc) is 3.01. The third-order valence-corrected chi connectivity index (χ3v) is 3.16. The molecule has 0 atom stereocenters. The van der Waals surface area contributed by atoms with E-state index in [0.717, 1.165) is 18.7 Å². The van der Waals surface area contributed by atoms with E-state index in [0.29, 0.717) is 24.5 Å². The van der Waals surface area contributed by atoms with Crippen molar-refractivity contribution in [1.82, 2.24) is 24.9 Å². The largest absolute Gasteiger partial charge is 0.356 e. The zero-order chi connectivity index (χ0) is 14.4. The van der Waals surface area contributed by atoms with E-state index in [1.165, 1.54) is 0 Å². The number of carbonyl (C=O) groups is 1. The molecule has 0 fully saturated rings. The first-order valence-electron chi connectivity index (χ1n) is 6.58. The fourth-order valence-electron chi connectivity index (χ4n) is 1.85. The number of rotatable bonds is 7. The summed E-state index contributed by atoms with van der Waals surface area (Å²) in [5.74, 6) is 0.0220. The third kappa shape index (κ3) is 4.38. The Morgan fingerprint density at radius 3 is 2.90 bits per heavy atom. The van der Waals surface area contributed by atoms with Gasteiger partial charge in [-0.3, -0.25) is 14.2 Å². The average molecular weight is 296 g/mol. The number of aryl methyl sites for hydroxylation is 3. The monoisotopic (exact) mass is 295 g/mol. The molecular weight excluding hydrogens is 278 g/mol. The van der Waals surface area contributed by atoms with E-state index in [9.17, 15) is 4.79 Å². The molecule has 2 heterocycles. The van der Waals surface area contributed by atoms with Gasteiger partial charge in [0.15, 0.2) is 0 Å². The van der Waals surface area contributed by atoms with E-state index < -0.39 is 0 Å². The van der Waals surface area contributed by atoms with Gasteiger partial charge in [0.25, 0.3) is 0 Å². The van der Waals surface area contributed by atoms with Gasteiger partial charge in [0.1, 0.15) is 0 Å². The van der Waals surface area contributed by atoms with Crippen molar-refractivity contribution in [2.24, 2.45) is 0 Å². The second-order valence-corrected chi connectivity index (χ2v) is 5.01. The maximum absolute atomic E-state index is 11.6. The Balaban J connectivity index is 1.59. The zero-order valence-corrected chi connectivity index (χ0v) is 12.2. The maximum Gasteiger partial charge on any atom is 0.221 e. The van der Waals surface area contributed by atoms with E-state index in [1.807, 2.05) is 17.7 Å². The van der Waals surface area contributed by atoms with Crippen molar-refractivity contribution in [2.45, 2.75) is 32.9 Å². The van der Waals surface area contributed by atoms with Crippen molar-refractivity contribution in [1.29, 1.82) is 0 Å². The number of aromatic nitrogens is 4. The highest BCUT2D eigenvalue weighted by Gasteiger charge is 2.03. The lowest BCUT2D eigenvalue weighted by molar-refractivity contribution is -0.121. The predicted octanol–water partition coefficient (Wildman–Crippen LogP) is 1.64. The number of hydrogen-bond donors (Lipinski definition) is 1. The van der Waals surface area contributed by atoms with Gasteiger partial charge in [-0.25, -0.2) is 0 Å². The Bertz CT molecular complexity index is 563. The highest BCUT2D eigenvalue weighted by Crippen LogP contribution is 2.04. The van der Waals surface area contributed by atoms with Gasteiger partial charge in [0, 0.05) is 44.1 Å². The van der Waals surface area contributed by atoms with Gasteiger partial charge in [-0.2, -0.15) is 10.2 Å². The molecule has 0 aromatic carbocycles. The molecule has 0 saturated heterocycles. The van der Waals surface area contributed by atoms with Gasteiger partial charge in [0.05, 0.1) is 11.2 Å². The van der Waals surface area contributed by atoms with Crippen LogP contribution in [-0.2, 0) is 17.9 Å². The molecule has 0 spiro atoms. The van der Waals surface area contributed by atoms with E-state index in [-0.39, 0.29) is 5.91 Å². The SMILES string of the molecule is Cc1ccnn1CCCNC(=O)CCn1cc(Cl)cn1. The number of carbonyl (C=O) groups excluding carboxylic acids is 1. The minimum atomic E-state index is 0.0220. The lowest BCUT2D eigenvalue weighted by atomic mass is 10.3. The summed E-state index contributed by atoms with van der Waals surface area (Å²) in [5.41, 5.74) is 1.13. The summed E-state index contributed by atoms with van der Waals surface area (Å²) in [5, 5.41) is 11.7. The minimum absolute atomic E-state index is 0.0220. The first-order chi connectivity index (χ1) is 9.65. The second kappa shape index (κ2) is 7.09. The van der Waals surface area contributed by atoms with Crippen molar-refractivity contribution < 1.29 is 4.79 Å². The molecule has 1 N–H and O–H groups in total. The number of nitrogens with zero attached hydrogens (tertiary/aromatic N) is 4. The summed E-state index contributed by atoms with van der Waals surface area (Å²) in [4.78, 5) is 11.6. The van der Waals surface area contributed by atoms with Crippen LogP contribution in [0.15, 0.2) is 24.7 Å². The van der Waals surface area contributed by atoms with Crippen LogP contribution in [0.2, 0.25) is 5.02 Å². The molecule has 2 aromatic heterocycles. The number of halogens is 1. The lowest BCUT2D eigenvalue weighted by Crippen LogP contribution is -2.26. The zero-order valence-electron chi connectivity index (χ0n) is 11.4. The first-order valence-corrected chi connectivity index (χ1v) is 6.96. The molecule has 0 aliphatic heterocycles. The summed E-state index contributed by atoms with van der Waals surface area (Å²) in [7, 11) is 0. The fraction of sp³-hybridized carbons (Fsp3) is 0.462. The van der Waals surface area contributed by atoms with Crippen LogP contribution in [0.1, 0.15) is 18.5 Å². The summed E-state index contributed by atoms with van der Waals surface area (Å²) in [6.07, 6.45) is 6.31. The van der Waals surface area contributed by atoms with Crippen LogP contribution in [0, 0.1) is 6.92 Å². The molecule has 0 saturated carbocycles. The smallest absolute Gasteiger partial charge is 0.221 e. The van der Waals surface area contributed by atoms with Crippen LogP contribution in [0.25, 0.3) is 0 Å². The Morgan fingerprint density at radius 2 is 2.25 bits per heavy atom. The summed E-state index contributed by atoms with van der Waals surface area (Å²) in [6.45, 7) is 4.02. The van der Waals surface area contributed by atoms with Crippen molar-refractivity contribution in [3.63, 3.8) is 0 Å². The molecule has 7 heteroatoms. The Morgan fingerprint density at radius 1 is 1.40 bits per heavy atom. The molecule has 0 bridgehead atoms. The first kappa shape index (κ1) is 14.6. The van der Waals surface area contributed by atoms with E-state index in [4.69, 9.17) is 11.6 Å². The van der Waals surface area contributed by atoms with Gasteiger partial charge >= 0.3 is 0 Å². The summed E-state index contributed by atoms with van der Waals surface area (Å²) in [6, 6.07) is 1.97. The van der Waals surface area contributed by atoms with Crippen molar-refractivity contribution >= 4 is 17.5 Å². The lowest BCUT2D eigenvalue weighted by Gasteiger charge is -2.06. The van der Waals surface area contributed by atoms with Gasteiger partial charge in [0.2, 0.25) is 5.91 Å². The normalized spacial score (nSPS) is 10.7. The van der Waals surface area contributed by atoms with Crippen LogP contribution in [0.3, 0.4) is 0 Å². The molecule has 2 rings (SSSR count). The second-order valence-electron chi connectivity index (χ2n) is 4.57. The highest BCUT2D eigenvalue weighted by atomic mass is 35.5. The summed E-state index contributed by atoms with van der Waals surface area (Å²) >= 11 is 5.75. The summed E-state index contributed by atoms with van der Waals surface area (Å²) < 4.78 is 3.59. The molecule has 20 heavy (non-hydrogen) atoms. The van der Waals surface area contributed by atoms with Gasteiger partial charge < -0.3 is 5.32 Å². The van der Waals surface area contributed by atoms with Gasteiger partial charge in [-0.05, 0) is 19.4 Å². The van der Waals surface area contributed by atoms with Crippen molar-refractivity contribution in [3.05, 3.63) is 35.4 Å². The Hall–Kier alpha value is -1.82. The number of hydrogen-bond acceptors (Lipinski definition) is 3. The standard InChI is InChI=1S/C13H18ClN5O/c1-11-3-6-16-19(11)7-2-5-15-13(20)4-8-18-10-12(14)9-17-18/h3,6,9-10H,2,4-5,7-8H2,1H3,(H,15,20). The van der Waals surface area contributed by atoms with Crippen molar-refractivity contribution in [2.75, 3.05) is 6.54 Å². The molecule has 0 aliphatic carbocycles. The van der Waals surface area contributed by atoms with E-state index in [2.05, 4.69) is 15.5 Å². The number of amides is 1. The van der Waals surface area contributed by atoms with E-state index >= 15 is 0 Å². The highest BCUT2D eigenvalue weighted by molar-refractivity contribution is 6.30. The van der Waals surface area contributed by atoms with Crippen molar-refractivity contribution in [3.8, 4) is 0 Å². The predicted molar refractivity (Wildman–Crippen MR) is 76.4 cm³/mol. The fourth-order valence-corrected chi connectivity index (χ4v) is 2.01. The molecule has 2 aromatic rings. The third-order valence-electron chi connectivity index (χ3n) is 2.97. The van der Waals surface area contributed by atoms with Crippen LogP contribution in [0.5, 0.6) is 0 Å².